The molecule has 1 aliphatic rings. The Morgan fingerprint density at radius 2 is 1.74 bits per heavy atom. The van der Waals surface area contributed by atoms with Crippen molar-refractivity contribution in [2.45, 2.75) is 6.18 Å². The van der Waals surface area contributed by atoms with Gasteiger partial charge in [-0.1, -0.05) is 0 Å². The van der Waals surface area contributed by atoms with Gasteiger partial charge in [0.25, 0.3) is 11.5 Å². The summed E-state index contributed by atoms with van der Waals surface area (Å²) in [7, 11) is 0. The highest BCUT2D eigenvalue weighted by Gasteiger charge is 2.33. The van der Waals surface area contributed by atoms with E-state index >= 15 is 0 Å². The number of piperazine rings is 1. The van der Waals surface area contributed by atoms with Gasteiger partial charge in [0, 0.05) is 17.7 Å². The van der Waals surface area contributed by atoms with Gasteiger partial charge in [-0.2, -0.15) is 13.2 Å². The van der Waals surface area contributed by atoms with Crippen LogP contribution in [0.3, 0.4) is 0 Å². The van der Waals surface area contributed by atoms with Gasteiger partial charge >= 0.3 is 6.18 Å². The number of nitrogens with zero attached hydrogens (tertiary/aromatic N) is 3. The highest BCUT2D eigenvalue weighted by atomic mass is 19.4. The maximum absolute atomic E-state index is 12.6. The van der Waals surface area contributed by atoms with E-state index in [4.69, 9.17) is 0 Å². The Morgan fingerprint density at radius 1 is 1.07 bits per heavy atom. The number of pyridine rings is 1. The van der Waals surface area contributed by atoms with Crippen LogP contribution in [0.1, 0.15) is 15.9 Å². The SMILES string of the molecule is O=Cc1ccc(N2CCN(c3ccc(C(F)(F)F)c[nH+]3)CC2)c([N+](=O)[O-])c1. The van der Waals surface area contributed by atoms with Gasteiger partial charge < -0.3 is 4.90 Å². The van der Waals surface area contributed by atoms with E-state index in [1.807, 2.05) is 9.80 Å². The lowest BCUT2D eigenvalue weighted by molar-refractivity contribution is -0.384. The first-order valence-corrected chi connectivity index (χ1v) is 8.12. The Morgan fingerprint density at radius 3 is 2.26 bits per heavy atom. The summed E-state index contributed by atoms with van der Waals surface area (Å²) in [5, 5.41) is 11.3. The summed E-state index contributed by atoms with van der Waals surface area (Å²) in [6.45, 7) is 1.87. The smallest absolute Gasteiger partial charge is 0.358 e. The van der Waals surface area contributed by atoms with Crippen molar-refractivity contribution in [2.75, 3.05) is 36.0 Å². The van der Waals surface area contributed by atoms with Crippen LogP contribution in [0.25, 0.3) is 0 Å². The highest BCUT2D eigenvalue weighted by molar-refractivity contribution is 5.79. The predicted molar refractivity (Wildman–Crippen MR) is 90.9 cm³/mol. The van der Waals surface area contributed by atoms with Crippen LogP contribution in [-0.4, -0.2) is 37.4 Å². The molecule has 7 nitrogen and oxygen atoms in total. The summed E-state index contributed by atoms with van der Waals surface area (Å²) in [4.78, 5) is 28.0. The number of benzene rings is 1. The molecule has 1 N–H and O–H groups in total. The van der Waals surface area contributed by atoms with Gasteiger partial charge in [0.1, 0.15) is 31.3 Å². The first kappa shape index (κ1) is 18.6. The zero-order valence-electron chi connectivity index (χ0n) is 14.1. The molecular formula is C17H16F3N4O3+. The van der Waals surface area contributed by atoms with Crippen molar-refractivity contribution in [2.24, 2.45) is 0 Å². The lowest BCUT2D eigenvalue weighted by atomic mass is 10.1. The van der Waals surface area contributed by atoms with Crippen molar-refractivity contribution >= 4 is 23.5 Å². The Hall–Kier alpha value is -3.17. The first-order chi connectivity index (χ1) is 12.8. The number of aromatic amines is 1. The molecule has 2 aromatic rings. The molecular weight excluding hydrogens is 365 g/mol. The van der Waals surface area contributed by atoms with Crippen LogP contribution in [0.5, 0.6) is 0 Å². The van der Waals surface area contributed by atoms with Crippen molar-refractivity contribution in [1.82, 2.24) is 0 Å². The van der Waals surface area contributed by atoms with Crippen LogP contribution in [0.2, 0.25) is 0 Å². The van der Waals surface area contributed by atoms with Gasteiger partial charge in [-0.05, 0) is 18.2 Å². The molecule has 1 aromatic carbocycles. The zero-order valence-corrected chi connectivity index (χ0v) is 14.1. The number of nitrogens with one attached hydrogen (secondary N) is 1. The minimum atomic E-state index is -4.40. The van der Waals surface area contributed by atoms with E-state index in [9.17, 15) is 28.1 Å². The van der Waals surface area contributed by atoms with Crippen LogP contribution in [0.4, 0.5) is 30.4 Å². The van der Waals surface area contributed by atoms with Gasteiger partial charge in [0.2, 0.25) is 0 Å². The number of carbonyl (C=O) groups is 1. The largest absolute Gasteiger partial charge is 0.419 e. The molecule has 0 spiro atoms. The molecule has 0 amide bonds. The summed E-state index contributed by atoms with van der Waals surface area (Å²) < 4.78 is 37.9. The summed E-state index contributed by atoms with van der Waals surface area (Å²) >= 11 is 0. The summed E-state index contributed by atoms with van der Waals surface area (Å²) in [6.07, 6.45) is -2.93. The number of nitro benzene ring substituents is 1. The van der Waals surface area contributed by atoms with Crippen molar-refractivity contribution in [3.63, 3.8) is 0 Å². The second-order valence-corrected chi connectivity index (χ2v) is 6.06. The maximum Gasteiger partial charge on any atom is 0.419 e. The molecule has 0 bridgehead atoms. The molecule has 1 aliphatic heterocycles. The van der Waals surface area contributed by atoms with Crippen LogP contribution in [0.15, 0.2) is 36.5 Å². The number of H-pyrrole nitrogens is 1. The van der Waals surface area contributed by atoms with E-state index in [2.05, 4.69) is 4.98 Å². The molecule has 0 atom stereocenters. The van der Waals surface area contributed by atoms with E-state index in [1.54, 1.807) is 6.07 Å². The van der Waals surface area contributed by atoms with E-state index < -0.39 is 16.7 Å². The number of rotatable bonds is 4. The van der Waals surface area contributed by atoms with Crippen molar-refractivity contribution in [3.05, 3.63) is 57.8 Å². The van der Waals surface area contributed by atoms with Gasteiger partial charge in [-0.15, -0.1) is 0 Å². The number of aromatic nitrogens is 1. The highest BCUT2D eigenvalue weighted by Crippen LogP contribution is 2.31. The molecule has 142 valence electrons. The zero-order chi connectivity index (χ0) is 19.6. The number of hydrogen-bond donors (Lipinski definition) is 0. The van der Waals surface area contributed by atoms with Gasteiger partial charge in [-0.25, -0.2) is 4.98 Å². The fourth-order valence-electron chi connectivity index (χ4n) is 3.01. The summed E-state index contributed by atoms with van der Waals surface area (Å²) in [5.74, 6) is 0.549. The van der Waals surface area contributed by atoms with E-state index in [-0.39, 0.29) is 11.3 Å². The van der Waals surface area contributed by atoms with Crippen LogP contribution in [-0.2, 0) is 6.18 Å². The number of hydrogen-bond acceptors (Lipinski definition) is 5. The molecule has 0 radical (unpaired) electrons. The number of anilines is 2. The molecule has 1 aromatic heterocycles. The molecule has 10 heteroatoms. The second kappa shape index (κ2) is 7.22. The Bertz CT molecular complexity index is 847. The predicted octanol–water partition coefficient (Wildman–Crippen LogP) is 2.57. The third kappa shape index (κ3) is 3.99. The fraction of sp³-hybridized carbons (Fsp3) is 0.294. The van der Waals surface area contributed by atoms with Crippen LogP contribution in [0, 0.1) is 10.1 Å². The third-order valence-electron chi connectivity index (χ3n) is 4.42. The van der Waals surface area contributed by atoms with Crippen molar-refractivity contribution in [1.29, 1.82) is 0 Å². The number of aldehydes is 1. The average Bonchev–Trinajstić information content (AvgIpc) is 2.67. The monoisotopic (exact) mass is 381 g/mol. The topological polar surface area (TPSA) is 80.8 Å². The lowest BCUT2D eigenvalue weighted by Crippen LogP contribution is -2.48. The molecule has 3 rings (SSSR count). The molecule has 1 saturated heterocycles. The first-order valence-electron chi connectivity index (χ1n) is 8.12. The van der Waals surface area contributed by atoms with E-state index in [0.29, 0.717) is 44.0 Å². The molecule has 27 heavy (non-hydrogen) atoms. The Kier molecular flexibility index (Phi) is 4.98. The minimum Gasteiger partial charge on any atom is -0.358 e. The van der Waals surface area contributed by atoms with E-state index in [1.165, 1.54) is 18.2 Å². The number of nitro groups is 1. The third-order valence-corrected chi connectivity index (χ3v) is 4.42. The van der Waals surface area contributed by atoms with Crippen molar-refractivity contribution < 1.29 is 27.9 Å². The summed E-state index contributed by atoms with van der Waals surface area (Å²) in [5.41, 5.74) is -0.255. The number of halogens is 3. The van der Waals surface area contributed by atoms with Crippen LogP contribution >= 0.6 is 0 Å². The molecule has 0 saturated carbocycles. The standard InChI is InChI=1S/C17H15F3N4O3/c18-17(19,20)13-2-4-16(21-10-13)23-7-5-22(6-8-23)14-3-1-12(11-25)9-15(14)24(26)27/h1-4,9-11H,5-8H2/p+1. The van der Waals surface area contributed by atoms with Crippen LogP contribution < -0.4 is 14.8 Å². The minimum absolute atomic E-state index is 0.144. The van der Waals surface area contributed by atoms with Gasteiger partial charge in [0.15, 0.2) is 0 Å². The van der Waals surface area contributed by atoms with E-state index in [0.717, 1.165) is 12.3 Å². The number of alkyl halides is 3. The maximum atomic E-state index is 12.6. The van der Waals surface area contributed by atoms with Gasteiger partial charge in [-0.3, -0.25) is 19.8 Å². The number of carbonyl (C=O) groups excluding carboxylic acids is 1. The average molecular weight is 381 g/mol. The second-order valence-electron chi connectivity index (χ2n) is 6.06. The quantitative estimate of drug-likeness (QED) is 0.462. The van der Waals surface area contributed by atoms with Crippen molar-refractivity contribution in [3.8, 4) is 0 Å². The Labute approximate surface area is 152 Å². The molecule has 2 heterocycles. The lowest BCUT2D eigenvalue weighted by Gasteiger charge is -2.32. The summed E-state index contributed by atoms with van der Waals surface area (Å²) in [6, 6.07) is 6.69. The molecule has 1 fully saturated rings. The fourth-order valence-corrected chi connectivity index (χ4v) is 3.01. The van der Waals surface area contributed by atoms with Gasteiger partial charge in [0.05, 0.1) is 23.6 Å². The molecule has 0 unspecified atom stereocenters. The molecule has 0 aliphatic carbocycles. The normalized spacial score (nSPS) is 14.9. The Balaban J connectivity index is 1.72.